The molecule has 1 heterocycles. The molecular formula is C11H23N2O2+. The lowest BCUT2D eigenvalue weighted by Crippen LogP contribution is -2.66. The highest BCUT2D eigenvalue weighted by atomic mass is 16.4. The predicted molar refractivity (Wildman–Crippen MR) is 59.6 cm³/mol. The Kier molecular flexibility index (Phi) is 3.41. The minimum Gasteiger partial charge on any atom is -0.435 e. The summed E-state index contributed by atoms with van der Waals surface area (Å²) in [6, 6.07) is 0.0165. The second-order valence-electron chi connectivity index (χ2n) is 5.58. The molecule has 1 saturated heterocycles. The molecule has 0 aromatic rings. The Balaban J connectivity index is 3.03. The average Bonchev–Trinajstić information content (AvgIpc) is 2.26. The van der Waals surface area contributed by atoms with Crippen LogP contribution in [0.1, 0.15) is 40.0 Å². The normalized spacial score (nSPS) is 33.5. The maximum absolute atomic E-state index is 11.5. The first kappa shape index (κ1) is 12.5. The summed E-state index contributed by atoms with van der Waals surface area (Å²) in [7, 11) is 0. The van der Waals surface area contributed by atoms with Crippen LogP contribution in [0.3, 0.4) is 0 Å². The molecule has 4 heteroatoms. The number of nitrogens with zero attached hydrogens (tertiary/aromatic N) is 1. The van der Waals surface area contributed by atoms with Crippen molar-refractivity contribution in [2.24, 2.45) is 5.73 Å². The molecule has 0 spiro atoms. The molecule has 88 valence electrons. The lowest BCUT2D eigenvalue weighted by molar-refractivity contribution is -0.903. The molecule has 0 radical (unpaired) electrons. The number of rotatable bonds is 0. The van der Waals surface area contributed by atoms with Crippen molar-refractivity contribution in [2.75, 3.05) is 13.1 Å². The Hall–Kier alpha value is -0.610. The highest BCUT2D eigenvalue weighted by Crippen LogP contribution is 2.29. The van der Waals surface area contributed by atoms with Gasteiger partial charge < -0.3 is 10.8 Å². The average molecular weight is 215 g/mol. The van der Waals surface area contributed by atoms with Gasteiger partial charge >= 0.3 is 6.09 Å². The van der Waals surface area contributed by atoms with Crippen LogP contribution in [0.4, 0.5) is 4.79 Å². The Morgan fingerprint density at radius 3 is 2.47 bits per heavy atom. The zero-order valence-corrected chi connectivity index (χ0v) is 9.99. The van der Waals surface area contributed by atoms with Gasteiger partial charge in [-0.25, -0.2) is 4.48 Å². The summed E-state index contributed by atoms with van der Waals surface area (Å²) in [6.45, 7) is 7.21. The summed E-state index contributed by atoms with van der Waals surface area (Å²) < 4.78 is 0.105. The molecule has 15 heavy (non-hydrogen) atoms. The number of quaternary nitrogens is 1. The van der Waals surface area contributed by atoms with Crippen LogP contribution in [0.2, 0.25) is 0 Å². The number of likely N-dealkylation sites (tertiary alicyclic amines) is 1. The van der Waals surface area contributed by atoms with Crippen LogP contribution in [0.15, 0.2) is 0 Å². The van der Waals surface area contributed by atoms with Crippen molar-refractivity contribution in [3.05, 3.63) is 0 Å². The van der Waals surface area contributed by atoms with Crippen molar-refractivity contribution in [1.29, 1.82) is 0 Å². The third-order valence-corrected chi connectivity index (χ3v) is 3.56. The summed E-state index contributed by atoms with van der Waals surface area (Å²) in [4.78, 5) is 11.5. The van der Waals surface area contributed by atoms with Crippen LogP contribution in [0.5, 0.6) is 0 Å². The molecule has 1 fully saturated rings. The van der Waals surface area contributed by atoms with Gasteiger partial charge in [-0.1, -0.05) is 0 Å². The molecule has 0 saturated carbocycles. The quantitative estimate of drug-likeness (QED) is 0.605. The lowest BCUT2D eigenvalue weighted by atomic mass is 10.0. The lowest BCUT2D eigenvalue weighted by Gasteiger charge is -2.43. The van der Waals surface area contributed by atoms with Crippen LogP contribution in [0.25, 0.3) is 0 Å². The van der Waals surface area contributed by atoms with E-state index in [1.54, 1.807) is 0 Å². The zero-order valence-electron chi connectivity index (χ0n) is 9.99. The monoisotopic (exact) mass is 215 g/mol. The Morgan fingerprint density at radius 1 is 1.40 bits per heavy atom. The van der Waals surface area contributed by atoms with Gasteiger partial charge in [-0.15, -0.1) is 0 Å². The van der Waals surface area contributed by atoms with Gasteiger partial charge in [0.25, 0.3) is 0 Å². The van der Waals surface area contributed by atoms with E-state index in [0.717, 1.165) is 19.3 Å². The molecule has 1 unspecified atom stereocenters. The van der Waals surface area contributed by atoms with Gasteiger partial charge in [0.1, 0.15) is 12.1 Å². The SMILES string of the molecule is CC(C)(C)[N+]1(C(=O)O)CCCC[C@H](N)C1. The molecule has 4 nitrogen and oxygen atoms in total. The minimum absolute atomic E-state index is 0.0165. The van der Waals surface area contributed by atoms with E-state index in [0.29, 0.717) is 13.1 Å². The fourth-order valence-corrected chi connectivity index (χ4v) is 2.44. The van der Waals surface area contributed by atoms with Crippen LogP contribution >= 0.6 is 0 Å². The van der Waals surface area contributed by atoms with Crippen LogP contribution in [-0.2, 0) is 0 Å². The predicted octanol–water partition coefficient (Wildman–Crippen LogP) is 1.79. The van der Waals surface area contributed by atoms with E-state index in [4.69, 9.17) is 5.73 Å². The second kappa shape index (κ2) is 4.10. The second-order valence-corrected chi connectivity index (χ2v) is 5.58. The summed E-state index contributed by atoms with van der Waals surface area (Å²) in [5.74, 6) is 0. The van der Waals surface area contributed by atoms with Crippen LogP contribution in [0, 0.1) is 0 Å². The molecule has 1 rings (SSSR count). The molecule has 0 aromatic heterocycles. The maximum atomic E-state index is 11.5. The van der Waals surface area contributed by atoms with E-state index < -0.39 is 6.09 Å². The number of nitrogens with two attached hydrogens (primary N) is 1. The van der Waals surface area contributed by atoms with Gasteiger partial charge in [0, 0.05) is 0 Å². The van der Waals surface area contributed by atoms with Crippen molar-refractivity contribution in [2.45, 2.75) is 51.6 Å². The maximum Gasteiger partial charge on any atom is 0.514 e. The fourth-order valence-electron chi connectivity index (χ4n) is 2.44. The summed E-state index contributed by atoms with van der Waals surface area (Å²) in [5, 5.41) is 9.48. The third-order valence-electron chi connectivity index (χ3n) is 3.56. The highest BCUT2D eigenvalue weighted by Gasteiger charge is 2.49. The number of amides is 1. The van der Waals surface area contributed by atoms with Crippen LogP contribution in [-0.4, -0.2) is 40.4 Å². The Morgan fingerprint density at radius 2 is 2.00 bits per heavy atom. The van der Waals surface area contributed by atoms with Gasteiger partial charge in [0.2, 0.25) is 0 Å². The summed E-state index contributed by atoms with van der Waals surface area (Å²) in [5.41, 5.74) is 5.68. The summed E-state index contributed by atoms with van der Waals surface area (Å²) >= 11 is 0. The first-order valence-electron chi connectivity index (χ1n) is 5.66. The molecule has 0 aromatic carbocycles. The first-order chi connectivity index (χ1) is 6.79. The van der Waals surface area contributed by atoms with E-state index in [2.05, 4.69) is 0 Å². The molecule has 1 aliphatic rings. The standard InChI is InChI=1S/C11H22N2O2/c1-11(2,3)13(10(14)15)7-5-4-6-9(12)8-13/h9H,4-8,12H2,1-3H3/p+1/t9-,13?/m0/s1. The van der Waals surface area contributed by atoms with E-state index in [9.17, 15) is 9.90 Å². The van der Waals surface area contributed by atoms with Gasteiger partial charge in [-0.3, -0.25) is 0 Å². The van der Waals surface area contributed by atoms with Gasteiger partial charge in [0.15, 0.2) is 0 Å². The van der Waals surface area contributed by atoms with E-state index in [-0.39, 0.29) is 16.1 Å². The van der Waals surface area contributed by atoms with Gasteiger partial charge in [-0.05, 0) is 40.0 Å². The highest BCUT2D eigenvalue weighted by molar-refractivity contribution is 5.57. The molecule has 1 amide bonds. The number of carboxylic acid groups (broad SMARTS) is 1. The van der Waals surface area contributed by atoms with Crippen LogP contribution < -0.4 is 5.73 Å². The molecule has 1 aliphatic heterocycles. The smallest absolute Gasteiger partial charge is 0.435 e. The van der Waals surface area contributed by atoms with Gasteiger partial charge in [0.05, 0.1) is 12.6 Å². The molecular weight excluding hydrogens is 192 g/mol. The Bertz CT molecular complexity index is 247. The third kappa shape index (κ3) is 2.32. The zero-order chi connectivity index (χ0) is 11.7. The molecule has 0 aliphatic carbocycles. The topological polar surface area (TPSA) is 63.3 Å². The van der Waals surface area contributed by atoms with Crippen molar-refractivity contribution < 1.29 is 14.4 Å². The van der Waals surface area contributed by atoms with Gasteiger partial charge in [-0.2, -0.15) is 4.79 Å². The summed E-state index contributed by atoms with van der Waals surface area (Å²) in [6.07, 6.45) is 2.21. The van der Waals surface area contributed by atoms with Crippen molar-refractivity contribution >= 4 is 6.09 Å². The largest absolute Gasteiger partial charge is 0.514 e. The molecule has 2 atom stereocenters. The number of hydrogen-bond donors (Lipinski definition) is 2. The number of carbonyl (C=O) groups is 1. The minimum atomic E-state index is -0.736. The number of hydrogen-bond acceptors (Lipinski definition) is 2. The van der Waals surface area contributed by atoms with E-state index in [1.165, 1.54) is 0 Å². The van der Waals surface area contributed by atoms with E-state index in [1.807, 2.05) is 20.8 Å². The fraction of sp³-hybridized carbons (Fsp3) is 0.909. The molecule has 0 bridgehead atoms. The Labute approximate surface area is 91.6 Å². The van der Waals surface area contributed by atoms with Crippen molar-refractivity contribution in [1.82, 2.24) is 0 Å². The first-order valence-corrected chi connectivity index (χ1v) is 5.66. The molecule has 3 N–H and O–H groups in total. The van der Waals surface area contributed by atoms with Crippen molar-refractivity contribution in [3.63, 3.8) is 0 Å². The van der Waals surface area contributed by atoms with E-state index >= 15 is 0 Å². The van der Waals surface area contributed by atoms with Crippen molar-refractivity contribution in [3.8, 4) is 0 Å².